The normalized spacial score (nSPS) is 12.9. The Morgan fingerprint density at radius 2 is 1.53 bits per heavy atom. The fourth-order valence-electron chi connectivity index (χ4n) is 3.59. The molecule has 3 rings (SSSR count). The lowest BCUT2D eigenvalue weighted by atomic mass is 10.0. The summed E-state index contributed by atoms with van der Waals surface area (Å²) in [7, 11) is 0. The molecule has 1 N–H and O–H groups in total. The molecule has 36 heavy (non-hydrogen) atoms. The first kappa shape index (κ1) is 27.2. The predicted octanol–water partition coefficient (Wildman–Crippen LogP) is 4.80. The molecule has 0 aliphatic carbocycles. The van der Waals surface area contributed by atoms with Gasteiger partial charge in [0.1, 0.15) is 5.82 Å². The number of rotatable bonds is 14. The quantitative estimate of drug-likeness (QED) is 0.251. The third-order valence-corrected chi connectivity index (χ3v) is 5.32. The van der Waals surface area contributed by atoms with E-state index in [9.17, 15) is 9.18 Å². The molecule has 0 spiro atoms. The van der Waals surface area contributed by atoms with E-state index in [4.69, 9.17) is 24.5 Å². The van der Waals surface area contributed by atoms with Gasteiger partial charge >= 0.3 is 5.97 Å². The number of carboxylic acid groups (broad SMARTS) is 1. The summed E-state index contributed by atoms with van der Waals surface area (Å²) >= 11 is 0. The average molecular weight is 498 g/mol. The van der Waals surface area contributed by atoms with Crippen LogP contribution in [0.4, 0.5) is 10.2 Å². The Labute approximate surface area is 210 Å². The zero-order valence-electron chi connectivity index (χ0n) is 20.7. The highest BCUT2D eigenvalue weighted by atomic mass is 19.1. The fraction of sp³-hybridized carbons (Fsp3) is 0.370. The monoisotopic (exact) mass is 497 g/mol. The van der Waals surface area contributed by atoms with Gasteiger partial charge in [-0.1, -0.05) is 60.7 Å². The Morgan fingerprint density at radius 3 is 2.08 bits per heavy atom. The molecule has 2 aromatic carbocycles. The molecule has 192 valence electrons. The number of carbonyl (C=O) groups is 1. The average Bonchev–Trinajstić information content (AvgIpc) is 2.89. The predicted molar refractivity (Wildman–Crippen MR) is 135 cm³/mol. The highest BCUT2D eigenvalue weighted by Gasteiger charge is 2.22. The lowest BCUT2D eigenvalue weighted by Gasteiger charge is -2.32. The SMILES string of the molecule is CCOC(CN(c1cnc(-c2ccccc2)c(-c2ccccc2)n1)C(C)C)OCCOC(F)C(=O)O. The van der Waals surface area contributed by atoms with E-state index in [1.165, 1.54) is 0 Å². The second-order valence-corrected chi connectivity index (χ2v) is 8.18. The zero-order valence-corrected chi connectivity index (χ0v) is 20.7. The minimum absolute atomic E-state index is 0.0296. The van der Waals surface area contributed by atoms with Gasteiger partial charge in [0, 0.05) is 23.8 Å². The van der Waals surface area contributed by atoms with E-state index in [2.05, 4.69) is 4.74 Å². The fourth-order valence-corrected chi connectivity index (χ4v) is 3.59. The number of aliphatic carboxylic acids is 1. The van der Waals surface area contributed by atoms with Crippen LogP contribution in [-0.2, 0) is 19.0 Å². The molecule has 0 aliphatic rings. The second kappa shape index (κ2) is 13.6. The molecule has 1 heterocycles. The van der Waals surface area contributed by atoms with E-state index >= 15 is 0 Å². The van der Waals surface area contributed by atoms with Crippen molar-refractivity contribution in [3.8, 4) is 22.5 Å². The van der Waals surface area contributed by atoms with Crippen molar-refractivity contribution in [1.29, 1.82) is 0 Å². The first-order chi connectivity index (χ1) is 17.4. The van der Waals surface area contributed by atoms with Crippen molar-refractivity contribution in [3.05, 3.63) is 66.9 Å². The molecule has 0 saturated carbocycles. The van der Waals surface area contributed by atoms with E-state index < -0.39 is 18.6 Å². The van der Waals surface area contributed by atoms with Gasteiger partial charge in [0.05, 0.1) is 37.3 Å². The van der Waals surface area contributed by atoms with E-state index in [1.54, 1.807) is 6.20 Å². The molecule has 1 aromatic heterocycles. The van der Waals surface area contributed by atoms with Crippen LogP contribution in [0.5, 0.6) is 0 Å². The second-order valence-electron chi connectivity index (χ2n) is 8.18. The van der Waals surface area contributed by atoms with Crippen molar-refractivity contribution >= 4 is 11.8 Å². The maximum atomic E-state index is 13.1. The van der Waals surface area contributed by atoms with Crippen LogP contribution in [0.15, 0.2) is 66.9 Å². The number of alkyl halides is 1. The molecule has 2 unspecified atom stereocenters. The number of anilines is 1. The Hall–Kier alpha value is -3.40. The third-order valence-electron chi connectivity index (χ3n) is 5.32. The molecule has 9 heteroatoms. The molecule has 0 saturated heterocycles. The van der Waals surface area contributed by atoms with Gasteiger partial charge in [-0.15, -0.1) is 0 Å². The summed E-state index contributed by atoms with van der Waals surface area (Å²) in [6.45, 7) is 6.38. The Morgan fingerprint density at radius 1 is 0.944 bits per heavy atom. The number of hydrogen-bond donors (Lipinski definition) is 1. The van der Waals surface area contributed by atoms with Crippen LogP contribution in [-0.4, -0.2) is 66.1 Å². The molecule has 2 atom stereocenters. The number of benzene rings is 2. The minimum atomic E-state index is -2.39. The molecule has 0 aliphatic heterocycles. The number of hydrogen-bond acceptors (Lipinski definition) is 7. The molecular weight excluding hydrogens is 465 g/mol. The van der Waals surface area contributed by atoms with Crippen molar-refractivity contribution in [3.63, 3.8) is 0 Å². The third kappa shape index (κ3) is 7.55. The van der Waals surface area contributed by atoms with Gasteiger partial charge < -0.3 is 24.2 Å². The summed E-state index contributed by atoms with van der Waals surface area (Å²) in [4.78, 5) is 22.4. The van der Waals surface area contributed by atoms with E-state index in [-0.39, 0.29) is 19.3 Å². The summed E-state index contributed by atoms with van der Waals surface area (Å²) < 4.78 is 29.2. The Balaban J connectivity index is 1.84. The highest BCUT2D eigenvalue weighted by Crippen LogP contribution is 2.31. The largest absolute Gasteiger partial charge is 0.477 e. The lowest BCUT2D eigenvalue weighted by molar-refractivity contribution is -0.173. The lowest BCUT2D eigenvalue weighted by Crippen LogP contribution is -2.41. The summed E-state index contributed by atoms with van der Waals surface area (Å²) in [6, 6.07) is 19.8. The summed E-state index contributed by atoms with van der Waals surface area (Å²) in [6.07, 6.45) is -1.32. The Bertz CT molecular complexity index is 1090. The van der Waals surface area contributed by atoms with Crippen molar-refractivity contribution in [1.82, 2.24) is 9.97 Å². The van der Waals surface area contributed by atoms with Gasteiger partial charge in [0.15, 0.2) is 6.29 Å². The molecular formula is C27H32FN3O5. The van der Waals surface area contributed by atoms with Gasteiger partial charge in [0.25, 0.3) is 6.36 Å². The molecule has 8 nitrogen and oxygen atoms in total. The maximum absolute atomic E-state index is 13.1. The standard InChI is InChI=1S/C27H32FN3O5/c1-4-34-23(35-15-16-36-26(28)27(32)33)18-31(19(2)3)22-17-29-24(20-11-7-5-8-12-20)25(30-22)21-13-9-6-10-14-21/h5-14,17,19,23,26H,4,15-16,18H2,1-3H3,(H,32,33). The first-order valence-corrected chi connectivity index (χ1v) is 11.9. The van der Waals surface area contributed by atoms with Crippen molar-refractivity contribution in [2.24, 2.45) is 0 Å². The van der Waals surface area contributed by atoms with E-state index in [0.29, 0.717) is 19.0 Å². The van der Waals surface area contributed by atoms with Crippen molar-refractivity contribution < 1.29 is 28.5 Å². The number of halogens is 1. The topological polar surface area (TPSA) is 94.0 Å². The summed E-state index contributed by atoms with van der Waals surface area (Å²) in [5.74, 6) is -1.02. The van der Waals surface area contributed by atoms with Crippen LogP contribution in [0, 0.1) is 0 Å². The van der Waals surface area contributed by atoms with Gasteiger partial charge in [-0.3, -0.25) is 4.98 Å². The van der Waals surface area contributed by atoms with Crippen LogP contribution in [0.3, 0.4) is 0 Å². The molecule has 3 aromatic rings. The summed E-state index contributed by atoms with van der Waals surface area (Å²) in [5.41, 5.74) is 3.45. The van der Waals surface area contributed by atoms with Gasteiger partial charge in [0.2, 0.25) is 0 Å². The van der Waals surface area contributed by atoms with Crippen LogP contribution in [0.25, 0.3) is 22.5 Å². The molecule has 0 amide bonds. The van der Waals surface area contributed by atoms with Crippen LogP contribution in [0.2, 0.25) is 0 Å². The van der Waals surface area contributed by atoms with Crippen LogP contribution in [0.1, 0.15) is 20.8 Å². The van der Waals surface area contributed by atoms with Gasteiger partial charge in [-0.25, -0.2) is 14.2 Å². The van der Waals surface area contributed by atoms with E-state index in [1.807, 2.05) is 86.3 Å². The first-order valence-electron chi connectivity index (χ1n) is 11.9. The van der Waals surface area contributed by atoms with Crippen LogP contribution >= 0.6 is 0 Å². The molecule has 0 radical (unpaired) electrons. The zero-order chi connectivity index (χ0) is 25.9. The van der Waals surface area contributed by atoms with Crippen LogP contribution < -0.4 is 4.90 Å². The number of aromatic nitrogens is 2. The van der Waals surface area contributed by atoms with E-state index in [0.717, 1.165) is 22.5 Å². The number of ether oxygens (including phenoxy) is 3. The number of nitrogens with zero attached hydrogens (tertiary/aromatic N) is 3. The van der Waals surface area contributed by atoms with Gasteiger partial charge in [-0.05, 0) is 20.8 Å². The highest BCUT2D eigenvalue weighted by molar-refractivity contribution is 5.78. The molecule has 0 bridgehead atoms. The van der Waals surface area contributed by atoms with Crippen molar-refractivity contribution in [2.75, 3.05) is 31.3 Å². The number of carboxylic acids is 1. The smallest absolute Gasteiger partial charge is 0.366 e. The summed E-state index contributed by atoms with van der Waals surface area (Å²) in [5, 5.41) is 8.59. The minimum Gasteiger partial charge on any atom is -0.477 e. The Kier molecular flexibility index (Phi) is 10.3. The van der Waals surface area contributed by atoms with Crippen molar-refractivity contribution in [2.45, 2.75) is 39.5 Å². The maximum Gasteiger partial charge on any atom is 0.366 e. The van der Waals surface area contributed by atoms with Gasteiger partial charge in [-0.2, -0.15) is 0 Å². The molecule has 0 fully saturated rings.